The number of amides is 1. The zero-order chi connectivity index (χ0) is 17.1. The number of likely N-dealkylation sites (tertiary alicyclic amines) is 1. The number of hydrogen-bond acceptors (Lipinski definition) is 4. The van der Waals surface area contributed by atoms with Crippen molar-refractivity contribution in [3.8, 4) is 0 Å². The van der Waals surface area contributed by atoms with E-state index in [0.29, 0.717) is 6.67 Å². The second kappa shape index (κ2) is 6.84. The number of para-hydroxylation sites is 1. The average molecular weight is 336 g/mol. The van der Waals surface area contributed by atoms with Crippen LogP contribution in [-0.4, -0.2) is 47.6 Å². The van der Waals surface area contributed by atoms with Crippen LogP contribution in [0.3, 0.4) is 0 Å². The van der Waals surface area contributed by atoms with Crippen molar-refractivity contribution < 1.29 is 4.79 Å². The van der Waals surface area contributed by atoms with Crippen LogP contribution >= 0.6 is 0 Å². The lowest BCUT2D eigenvalue weighted by atomic mass is 9.85. The Balaban J connectivity index is 1.41. The van der Waals surface area contributed by atoms with Crippen molar-refractivity contribution in [2.75, 3.05) is 31.2 Å². The Labute approximate surface area is 148 Å². The molecular weight excluding hydrogens is 312 g/mol. The van der Waals surface area contributed by atoms with E-state index in [9.17, 15) is 4.79 Å². The minimum absolute atomic E-state index is 0.181. The summed E-state index contributed by atoms with van der Waals surface area (Å²) in [6, 6.07) is 16.3. The minimum atomic E-state index is -0.386. The number of carbonyl (C=O) groups is 1. The van der Waals surface area contributed by atoms with Crippen molar-refractivity contribution in [2.45, 2.75) is 24.8 Å². The quantitative estimate of drug-likeness (QED) is 0.928. The van der Waals surface area contributed by atoms with Crippen LogP contribution in [0, 0.1) is 0 Å². The Morgan fingerprint density at radius 1 is 1.04 bits per heavy atom. The third-order valence-corrected chi connectivity index (χ3v) is 5.50. The maximum absolute atomic E-state index is 12.6. The van der Waals surface area contributed by atoms with Gasteiger partial charge in [-0.3, -0.25) is 9.78 Å². The molecule has 4 rings (SSSR count). The Bertz CT molecular complexity index is 711. The van der Waals surface area contributed by atoms with E-state index >= 15 is 0 Å². The smallest absolute Gasteiger partial charge is 0.247 e. The third kappa shape index (κ3) is 3.12. The van der Waals surface area contributed by atoms with E-state index in [4.69, 9.17) is 0 Å². The van der Waals surface area contributed by atoms with Crippen LogP contribution in [0.5, 0.6) is 0 Å². The van der Waals surface area contributed by atoms with Crippen LogP contribution in [0.4, 0.5) is 5.69 Å². The Kier molecular flexibility index (Phi) is 4.40. The van der Waals surface area contributed by atoms with Crippen LogP contribution in [-0.2, 0) is 11.2 Å². The number of carbonyl (C=O) groups excluding carboxylic acids is 1. The van der Waals surface area contributed by atoms with Crippen LogP contribution in [0.25, 0.3) is 0 Å². The molecule has 1 aromatic carbocycles. The van der Waals surface area contributed by atoms with Crippen LogP contribution in [0.2, 0.25) is 0 Å². The zero-order valence-electron chi connectivity index (χ0n) is 14.4. The summed E-state index contributed by atoms with van der Waals surface area (Å²) in [5.74, 6) is 0.181. The molecule has 1 aromatic heterocycles. The molecule has 1 amide bonds. The van der Waals surface area contributed by atoms with Gasteiger partial charge < -0.3 is 15.1 Å². The number of nitrogens with zero attached hydrogens (tertiary/aromatic N) is 3. The van der Waals surface area contributed by atoms with Crippen molar-refractivity contribution in [1.82, 2.24) is 15.2 Å². The van der Waals surface area contributed by atoms with Crippen LogP contribution < -0.4 is 10.2 Å². The number of rotatable bonds is 4. The second-order valence-electron chi connectivity index (χ2n) is 6.87. The molecule has 0 unspecified atom stereocenters. The number of piperidine rings is 1. The lowest BCUT2D eigenvalue weighted by Crippen LogP contribution is -2.56. The highest BCUT2D eigenvalue weighted by Crippen LogP contribution is 2.36. The predicted molar refractivity (Wildman–Crippen MR) is 98.3 cm³/mol. The summed E-state index contributed by atoms with van der Waals surface area (Å²) in [6.45, 7) is 3.50. The lowest BCUT2D eigenvalue weighted by molar-refractivity contribution is -0.125. The van der Waals surface area contributed by atoms with E-state index in [-0.39, 0.29) is 11.4 Å². The second-order valence-corrected chi connectivity index (χ2v) is 6.87. The van der Waals surface area contributed by atoms with Crippen molar-refractivity contribution in [2.24, 2.45) is 0 Å². The summed E-state index contributed by atoms with van der Waals surface area (Å²) in [6.07, 6.45) is 4.55. The molecule has 3 heterocycles. The molecule has 25 heavy (non-hydrogen) atoms. The van der Waals surface area contributed by atoms with Crippen molar-refractivity contribution in [3.63, 3.8) is 0 Å². The molecule has 0 radical (unpaired) electrons. The molecule has 130 valence electrons. The molecule has 5 nitrogen and oxygen atoms in total. The maximum Gasteiger partial charge on any atom is 0.247 e. The highest BCUT2D eigenvalue weighted by molar-refractivity contribution is 5.93. The Morgan fingerprint density at radius 2 is 1.80 bits per heavy atom. The number of hydrogen-bond donors (Lipinski definition) is 1. The molecule has 2 saturated heterocycles. The van der Waals surface area contributed by atoms with Gasteiger partial charge in [-0.05, 0) is 37.1 Å². The van der Waals surface area contributed by atoms with Crippen LogP contribution in [0.1, 0.15) is 18.5 Å². The topological polar surface area (TPSA) is 48.5 Å². The summed E-state index contributed by atoms with van der Waals surface area (Å²) in [5.41, 5.74) is 1.87. The molecule has 0 saturated carbocycles. The Hall–Kier alpha value is -2.40. The average Bonchev–Trinajstić information content (AvgIpc) is 2.99. The van der Waals surface area contributed by atoms with E-state index in [1.165, 1.54) is 0 Å². The first-order valence-corrected chi connectivity index (χ1v) is 9.01. The highest BCUT2D eigenvalue weighted by Gasteiger charge is 2.50. The van der Waals surface area contributed by atoms with Gasteiger partial charge in [-0.1, -0.05) is 24.3 Å². The Morgan fingerprint density at radius 3 is 2.52 bits per heavy atom. The molecule has 0 aliphatic carbocycles. The molecule has 1 N–H and O–H groups in total. The van der Waals surface area contributed by atoms with E-state index < -0.39 is 0 Å². The molecule has 0 atom stereocenters. The predicted octanol–water partition coefficient (Wildman–Crippen LogP) is 2.05. The fourth-order valence-corrected chi connectivity index (χ4v) is 4.00. The molecule has 2 aliphatic heterocycles. The van der Waals surface area contributed by atoms with Gasteiger partial charge >= 0.3 is 0 Å². The monoisotopic (exact) mass is 336 g/mol. The number of benzene rings is 1. The van der Waals surface area contributed by atoms with Crippen molar-refractivity contribution in [3.05, 3.63) is 60.4 Å². The summed E-state index contributed by atoms with van der Waals surface area (Å²) in [5, 5.41) is 3.06. The van der Waals surface area contributed by atoms with Crippen molar-refractivity contribution >= 4 is 11.6 Å². The normalized spacial score (nSPS) is 20.0. The number of anilines is 1. The summed E-state index contributed by atoms with van der Waals surface area (Å²) in [4.78, 5) is 21.7. The van der Waals surface area contributed by atoms with Gasteiger partial charge in [-0.25, -0.2) is 0 Å². The van der Waals surface area contributed by atoms with E-state index in [2.05, 4.69) is 38.3 Å². The first-order chi connectivity index (χ1) is 12.3. The van der Waals surface area contributed by atoms with Gasteiger partial charge in [0.1, 0.15) is 5.54 Å². The maximum atomic E-state index is 12.6. The third-order valence-electron chi connectivity index (χ3n) is 5.50. The minimum Gasteiger partial charge on any atom is -0.339 e. The summed E-state index contributed by atoms with van der Waals surface area (Å²) >= 11 is 0. The standard InChI is InChI=1S/C20H24N4O/c25-19-20(24(16-22-19)18-7-2-1-3-8-18)10-14-23(15-11-20)13-9-17-6-4-5-12-21-17/h1-8,12H,9-11,13-16H2,(H,22,25). The fourth-order valence-electron chi connectivity index (χ4n) is 4.00. The van der Waals surface area contributed by atoms with E-state index in [1.54, 1.807) is 0 Å². The SMILES string of the molecule is O=C1NCN(c2ccccc2)C12CCN(CCc1ccccn1)CC2. The van der Waals surface area contributed by atoms with Gasteiger partial charge in [0, 0.05) is 43.6 Å². The lowest BCUT2D eigenvalue weighted by Gasteiger charge is -2.43. The number of nitrogens with one attached hydrogen (secondary N) is 1. The molecule has 2 aromatic rings. The van der Waals surface area contributed by atoms with Gasteiger partial charge in [0.15, 0.2) is 0 Å². The molecule has 1 spiro atoms. The van der Waals surface area contributed by atoms with Gasteiger partial charge in [-0.2, -0.15) is 0 Å². The van der Waals surface area contributed by atoms with Crippen molar-refractivity contribution in [1.29, 1.82) is 0 Å². The summed E-state index contributed by atoms with van der Waals surface area (Å²) < 4.78 is 0. The highest BCUT2D eigenvalue weighted by atomic mass is 16.2. The number of aromatic nitrogens is 1. The largest absolute Gasteiger partial charge is 0.339 e. The first-order valence-electron chi connectivity index (χ1n) is 9.01. The van der Waals surface area contributed by atoms with Gasteiger partial charge in [0.05, 0.1) is 6.67 Å². The fraction of sp³-hybridized carbons (Fsp3) is 0.400. The molecule has 2 fully saturated rings. The van der Waals surface area contributed by atoms with Gasteiger partial charge in [-0.15, -0.1) is 0 Å². The van der Waals surface area contributed by atoms with Gasteiger partial charge in [0.2, 0.25) is 5.91 Å². The molecule has 5 heteroatoms. The summed E-state index contributed by atoms with van der Waals surface area (Å²) in [7, 11) is 0. The zero-order valence-corrected chi connectivity index (χ0v) is 14.4. The molecule has 2 aliphatic rings. The van der Waals surface area contributed by atoms with Gasteiger partial charge in [0.25, 0.3) is 0 Å². The molecule has 0 bridgehead atoms. The molecular formula is C20H24N4O. The first kappa shape index (κ1) is 16.1. The van der Waals surface area contributed by atoms with Crippen LogP contribution in [0.15, 0.2) is 54.7 Å². The number of pyridine rings is 1. The van der Waals surface area contributed by atoms with E-state index in [0.717, 1.165) is 50.3 Å². The van der Waals surface area contributed by atoms with E-state index in [1.807, 2.05) is 36.5 Å².